The fraction of sp³-hybridized carbons (Fsp3) is 0.600. The third-order valence-electron chi connectivity index (χ3n) is 3.51. The largest absolute Gasteiger partial charge is 0.384 e. The summed E-state index contributed by atoms with van der Waals surface area (Å²) in [6.07, 6.45) is 1.06. The molecule has 2 rings (SSSR count). The zero-order valence-electron chi connectivity index (χ0n) is 12.3. The highest BCUT2D eigenvalue weighted by atomic mass is 16.5. The summed E-state index contributed by atoms with van der Waals surface area (Å²) >= 11 is 0. The molecule has 20 heavy (non-hydrogen) atoms. The number of aromatic nitrogens is 1. The highest BCUT2D eigenvalue weighted by molar-refractivity contribution is 5.59. The van der Waals surface area contributed by atoms with Gasteiger partial charge in [-0.15, -0.1) is 0 Å². The predicted octanol–water partition coefficient (Wildman–Crippen LogP) is 1.70. The molecule has 0 unspecified atom stereocenters. The molecule has 0 aromatic carbocycles. The summed E-state index contributed by atoms with van der Waals surface area (Å²) in [6.45, 7) is 9.51. The Bertz CT molecular complexity index is 489. The molecule has 1 aliphatic rings. The first-order valence-electron chi connectivity index (χ1n) is 7.13. The lowest BCUT2D eigenvalue weighted by Crippen LogP contribution is -2.37. The fourth-order valence-electron chi connectivity index (χ4n) is 2.46. The maximum Gasteiger partial charge on any atom is 0.103 e. The zero-order chi connectivity index (χ0) is 14.4. The molecule has 0 amide bonds. The number of hydrogen-bond donors (Lipinski definition) is 1. The molecule has 1 aromatic heterocycles. The Hall–Kier alpha value is -1.64. The van der Waals surface area contributed by atoms with Crippen molar-refractivity contribution in [3.05, 3.63) is 23.0 Å². The normalized spacial score (nSPS) is 15.8. The van der Waals surface area contributed by atoms with Gasteiger partial charge in [-0.1, -0.05) is 0 Å². The zero-order valence-corrected chi connectivity index (χ0v) is 12.3. The van der Waals surface area contributed by atoms with E-state index in [-0.39, 0.29) is 0 Å². The van der Waals surface area contributed by atoms with Gasteiger partial charge in [0, 0.05) is 25.3 Å². The first-order valence-corrected chi connectivity index (χ1v) is 7.13. The van der Waals surface area contributed by atoms with Crippen LogP contribution in [0.15, 0.2) is 6.07 Å². The summed E-state index contributed by atoms with van der Waals surface area (Å²) in [7, 11) is 0. The van der Waals surface area contributed by atoms with Crippen molar-refractivity contribution in [2.24, 2.45) is 0 Å². The van der Waals surface area contributed by atoms with Gasteiger partial charge in [0.25, 0.3) is 0 Å². The smallest absolute Gasteiger partial charge is 0.103 e. The van der Waals surface area contributed by atoms with Crippen molar-refractivity contribution < 1.29 is 4.74 Å². The molecule has 1 aliphatic heterocycles. The first-order chi connectivity index (χ1) is 9.70. The van der Waals surface area contributed by atoms with Gasteiger partial charge >= 0.3 is 0 Å². The molecule has 1 saturated heterocycles. The molecule has 0 aliphatic carbocycles. The molecule has 2 heterocycles. The molecule has 0 spiro atoms. The van der Waals surface area contributed by atoms with Crippen LogP contribution in [0.4, 0.5) is 5.69 Å². The van der Waals surface area contributed by atoms with Crippen molar-refractivity contribution >= 4 is 5.69 Å². The van der Waals surface area contributed by atoms with E-state index < -0.39 is 0 Å². The number of pyridine rings is 1. The Balaban J connectivity index is 1.83. The van der Waals surface area contributed by atoms with Crippen LogP contribution in [0.2, 0.25) is 0 Å². The van der Waals surface area contributed by atoms with E-state index in [1.807, 2.05) is 19.9 Å². The molecule has 0 bridgehead atoms. The highest BCUT2D eigenvalue weighted by Gasteiger charge is 2.10. The van der Waals surface area contributed by atoms with Crippen LogP contribution >= 0.6 is 0 Å². The van der Waals surface area contributed by atoms with Gasteiger partial charge in [0.05, 0.1) is 30.2 Å². The number of nitrogens with zero attached hydrogens (tertiary/aromatic N) is 3. The molecule has 0 radical (unpaired) electrons. The van der Waals surface area contributed by atoms with Crippen LogP contribution in [0.5, 0.6) is 0 Å². The van der Waals surface area contributed by atoms with Crippen LogP contribution < -0.4 is 5.32 Å². The summed E-state index contributed by atoms with van der Waals surface area (Å²) in [6, 6.07) is 4.17. The van der Waals surface area contributed by atoms with Crippen molar-refractivity contribution in [1.29, 1.82) is 5.26 Å². The second-order valence-electron chi connectivity index (χ2n) is 5.12. The van der Waals surface area contributed by atoms with Crippen LogP contribution in [0.3, 0.4) is 0 Å². The molecule has 1 fully saturated rings. The summed E-state index contributed by atoms with van der Waals surface area (Å²) < 4.78 is 5.33. The molecule has 1 N–H and O–H groups in total. The van der Waals surface area contributed by atoms with Gasteiger partial charge in [-0.25, -0.2) is 0 Å². The van der Waals surface area contributed by atoms with E-state index >= 15 is 0 Å². The van der Waals surface area contributed by atoms with Gasteiger partial charge in [0.15, 0.2) is 0 Å². The number of anilines is 1. The Morgan fingerprint density at radius 2 is 2.15 bits per heavy atom. The van der Waals surface area contributed by atoms with E-state index in [1.165, 1.54) is 0 Å². The Kier molecular flexibility index (Phi) is 5.33. The molecular weight excluding hydrogens is 252 g/mol. The van der Waals surface area contributed by atoms with Crippen molar-refractivity contribution in [1.82, 2.24) is 9.88 Å². The van der Waals surface area contributed by atoms with E-state index in [4.69, 9.17) is 4.74 Å². The molecule has 1 aromatic rings. The van der Waals surface area contributed by atoms with Crippen molar-refractivity contribution in [2.45, 2.75) is 20.3 Å². The number of nitrogens with one attached hydrogen (secondary N) is 1. The fourth-order valence-corrected chi connectivity index (χ4v) is 2.46. The first kappa shape index (κ1) is 14.8. The van der Waals surface area contributed by atoms with E-state index in [0.29, 0.717) is 5.56 Å². The maximum absolute atomic E-state index is 9.20. The second kappa shape index (κ2) is 7.22. The van der Waals surface area contributed by atoms with E-state index in [2.05, 4.69) is 21.3 Å². The van der Waals surface area contributed by atoms with Crippen LogP contribution in [-0.4, -0.2) is 49.3 Å². The van der Waals surface area contributed by atoms with Crippen molar-refractivity contribution in [3.63, 3.8) is 0 Å². The van der Waals surface area contributed by atoms with Crippen LogP contribution in [0.1, 0.15) is 23.4 Å². The average molecular weight is 274 g/mol. The van der Waals surface area contributed by atoms with E-state index in [9.17, 15) is 5.26 Å². The SMILES string of the molecule is Cc1cc(NCCCN2CCOCC2)c(C#N)c(C)n1. The van der Waals surface area contributed by atoms with Gasteiger partial charge in [-0.3, -0.25) is 9.88 Å². The molecule has 5 heteroatoms. The minimum absolute atomic E-state index is 0.655. The lowest BCUT2D eigenvalue weighted by atomic mass is 10.1. The predicted molar refractivity (Wildman–Crippen MR) is 78.8 cm³/mol. The molecule has 108 valence electrons. The van der Waals surface area contributed by atoms with Gasteiger partial charge in [0.1, 0.15) is 6.07 Å². The highest BCUT2D eigenvalue weighted by Crippen LogP contribution is 2.18. The third kappa shape index (κ3) is 3.92. The minimum atomic E-state index is 0.655. The summed E-state index contributed by atoms with van der Waals surface area (Å²) in [5.41, 5.74) is 3.29. The van der Waals surface area contributed by atoms with Gasteiger partial charge in [0.2, 0.25) is 0 Å². The number of nitriles is 1. The molecule has 0 saturated carbocycles. The lowest BCUT2D eigenvalue weighted by Gasteiger charge is -2.26. The molecule has 0 atom stereocenters. The lowest BCUT2D eigenvalue weighted by molar-refractivity contribution is 0.0378. The second-order valence-corrected chi connectivity index (χ2v) is 5.12. The quantitative estimate of drug-likeness (QED) is 0.828. The van der Waals surface area contributed by atoms with Crippen LogP contribution in [0.25, 0.3) is 0 Å². The van der Waals surface area contributed by atoms with Crippen LogP contribution in [-0.2, 0) is 4.74 Å². The van der Waals surface area contributed by atoms with Crippen molar-refractivity contribution in [3.8, 4) is 6.07 Å². The topological polar surface area (TPSA) is 61.2 Å². The monoisotopic (exact) mass is 274 g/mol. The number of rotatable bonds is 5. The third-order valence-corrected chi connectivity index (χ3v) is 3.51. The molecular formula is C15H22N4O. The number of ether oxygens (including phenoxy) is 1. The maximum atomic E-state index is 9.20. The van der Waals surface area contributed by atoms with E-state index in [1.54, 1.807) is 0 Å². The Labute approximate surface area is 120 Å². The average Bonchev–Trinajstić information content (AvgIpc) is 2.44. The van der Waals surface area contributed by atoms with Gasteiger partial charge in [-0.05, 0) is 32.9 Å². The summed E-state index contributed by atoms with van der Waals surface area (Å²) in [4.78, 5) is 6.74. The summed E-state index contributed by atoms with van der Waals surface area (Å²) in [5, 5.41) is 12.6. The Morgan fingerprint density at radius 3 is 2.85 bits per heavy atom. The van der Waals surface area contributed by atoms with E-state index in [0.717, 1.165) is 62.9 Å². The number of morpholine rings is 1. The van der Waals surface area contributed by atoms with Gasteiger partial charge < -0.3 is 10.1 Å². The minimum Gasteiger partial charge on any atom is -0.384 e. The number of hydrogen-bond acceptors (Lipinski definition) is 5. The van der Waals surface area contributed by atoms with Gasteiger partial charge in [-0.2, -0.15) is 5.26 Å². The standard InChI is InChI=1S/C15H22N4O/c1-12-10-15(14(11-16)13(2)18-12)17-4-3-5-19-6-8-20-9-7-19/h10H,3-9H2,1-2H3,(H,17,18). The molecule has 5 nitrogen and oxygen atoms in total. The summed E-state index contributed by atoms with van der Waals surface area (Å²) in [5.74, 6) is 0. The van der Waals surface area contributed by atoms with Crippen LogP contribution in [0, 0.1) is 25.2 Å². The number of aryl methyl sites for hydroxylation is 2. The Morgan fingerprint density at radius 1 is 1.40 bits per heavy atom. The van der Waals surface area contributed by atoms with Crippen molar-refractivity contribution in [2.75, 3.05) is 44.7 Å².